The number of nitrogens with one attached hydrogen (secondary N) is 2. The van der Waals surface area contributed by atoms with Gasteiger partial charge in [-0.25, -0.2) is 9.97 Å². The summed E-state index contributed by atoms with van der Waals surface area (Å²) in [5.74, 6) is -2.42. The van der Waals surface area contributed by atoms with Crippen LogP contribution in [0.2, 0.25) is 0 Å². The topological polar surface area (TPSA) is 84.0 Å². The molecule has 0 aliphatic heterocycles. The largest absolute Gasteiger partial charge is 0.471 e. The number of hydrogen-bond acceptors (Lipinski definition) is 4. The molecule has 0 unspecified atom stereocenters. The molecule has 2 aromatic carbocycles. The van der Waals surface area contributed by atoms with Crippen LogP contribution >= 0.6 is 0 Å². The number of aromatic nitrogens is 2. The van der Waals surface area contributed by atoms with Crippen molar-refractivity contribution in [2.45, 2.75) is 26.6 Å². The fraction of sp³-hybridized carbons (Fsp3) is 0.200. The fourth-order valence-electron chi connectivity index (χ4n) is 2.62. The zero-order chi connectivity index (χ0) is 21.2. The highest BCUT2D eigenvalue weighted by molar-refractivity contribution is 5.97. The molecule has 9 heteroatoms. The molecule has 3 rings (SSSR count). The first kappa shape index (κ1) is 20.2. The van der Waals surface area contributed by atoms with Crippen LogP contribution in [-0.2, 0) is 11.3 Å². The van der Waals surface area contributed by atoms with Crippen LogP contribution in [0.25, 0.3) is 11.0 Å². The Bertz CT molecular complexity index is 1100. The van der Waals surface area contributed by atoms with Crippen molar-refractivity contribution in [2.24, 2.45) is 0 Å². The zero-order valence-electron chi connectivity index (χ0n) is 15.6. The van der Waals surface area contributed by atoms with Crippen molar-refractivity contribution in [3.63, 3.8) is 0 Å². The van der Waals surface area contributed by atoms with Gasteiger partial charge in [0, 0.05) is 17.8 Å². The molecule has 0 aliphatic carbocycles. The van der Waals surface area contributed by atoms with Gasteiger partial charge in [-0.3, -0.25) is 9.59 Å². The number of hydrogen-bond donors (Lipinski definition) is 2. The smallest absolute Gasteiger partial charge is 0.348 e. The highest BCUT2D eigenvalue weighted by Gasteiger charge is 2.38. The van der Waals surface area contributed by atoms with Crippen LogP contribution in [0, 0.1) is 13.8 Å². The molecule has 1 heterocycles. The number of aryl methyl sites for hydroxylation is 2. The van der Waals surface area contributed by atoms with E-state index in [1.165, 1.54) is 18.2 Å². The van der Waals surface area contributed by atoms with E-state index < -0.39 is 12.1 Å². The third-order valence-corrected chi connectivity index (χ3v) is 4.23. The number of benzene rings is 2. The van der Waals surface area contributed by atoms with E-state index in [4.69, 9.17) is 0 Å². The van der Waals surface area contributed by atoms with Crippen molar-refractivity contribution in [1.29, 1.82) is 0 Å². The fourth-order valence-corrected chi connectivity index (χ4v) is 2.62. The Labute approximate surface area is 164 Å². The number of halogens is 3. The number of rotatable bonds is 4. The first-order chi connectivity index (χ1) is 13.6. The Morgan fingerprint density at radius 1 is 0.966 bits per heavy atom. The quantitative estimate of drug-likeness (QED) is 0.697. The average molecular weight is 402 g/mol. The molecule has 29 heavy (non-hydrogen) atoms. The Kier molecular flexibility index (Phi) is 5.49. The minimum Gasteiger partial charge on any atom is -0.348 e. The van der Waals surface area contributed by atoms with E-state index in [1.807, 2.05) is 13.8 Å². The number of nitrogens with zero attached hydrogens (tertiary/aromatic N) is 2. The molecule has 6 nitrogen and oxygen atoms in total. The van der Waals surface area contributed by atoms with Gasteiger partial charge in [-0.15, -0.1) is 0 Å². The zero-order valence-corrected chi connectivity index (χ0v) is 15.6. The highest BCUT2D eigenvalue weighted by Crippen LogP contribution is 2.19. The van der Waals surface area contributed by atoms with Gasteiger partial charge in [0.05, 0.1) is 22.4 Å². The van der Waals surface area contributed by atoms with E-state index in [9.17, 15) is 22.8 Å². The molecular formula is C20H17F3N4O2. The lowest BCUT2D eigenvalue weighted by molar-refractivity contribution is -0.167. The monoisotopic (exact) mass is 402 g/mol. The summed E-state index contributed by atoms with van der Waals surface area (Å²) in [7, 11) is 0. The SMILES string of the molecule is Cc1nc2ccc(C(=O)NCc3cccc(NC(=O)C(F)(F)F)c3)cc2nc1C. The van der Waals surface area contributed by atoms with Crippen LogP contribution in [0.4, 0.5) is 18.9 Å². The van der Waals surface area contributed by atoms with Gasteiger partial charge in [0.1, 0.15) is 0 Å². The van der Waals surface area contributed by atoms with Crippen molar-refractivity contribution >= 4 is 28.5 Å². The first-order valence-electron chi connectivity index (χ1n) is 8.64. The van der Waals surface area contributed by atoms with Crippen LogP contribution in [0.3, 0.4) is 0 Å². The predicted octanol–water partition coefficient (Wildman–Crippen LogP) is 3.68. The molecule has 0 bridgehead atoms. The van der Waals surface area contributed by atoms with Crippen molar-refractivity contribution in [1.82, 2.24) is 15.3 Å². The summed E-state index contributed by atoms with van der Waals surface area (Å²) in [5.41, 5.74) is 3.77. The van der Waals surface area contributed by atoms with Gasteiger partial charge in [-0.2, -0.15) is 13.2 Å². The Morgan fingerprint density at radius 3 is 2.34 bits per heavy atom. The lowest BCUT2D eigenvalue weighted by Crippen LogP contribution is -2.30. The lowest BCUT2D eigenvalue weighted by atomic mass is 10.1. The molecule has 150 valence electrons. The number of carbonyl (C=O) groups excluding carboxylic acids is 2. The number of carbonyl (C=O) groups is 2. The lowest BCUT2D eigenvalue weighted by Gasteiger charge is -2.10. The van der Waals surface area contributed by atoms with Crippen LogP contribution in [0.5, 0.6) is 0 Å². The van der Waals surface area contributed by atoms with E-state index in [0.717, 1.165) is 11.4 Å². The van der Waals surface area contributed by atoms with Crippen molar-refractivity contribution in [2.75, 3.05) is 5.32 Å². The molecule has 0 atom stereocenters. The van der Waals surface area contributed by atoms with Gasteiger partial charge in [-0.05, 0) is 49.7 Å². The van der Waals surface area contributed by atoms with Crippen molar-refractivity contribution in [3.05, 3.63) is 65.0 Å². The van der Waals surface area contributed by atoms with Crippen LogP contribution in [0.1, 0.15) is 27.3 Å². The minimum atomic E-state index is -4.97. The van der Waals surface area contributed by atoms with Gasteiger partial charge < -0.3 is 10.6 Å². The second kappa shape index (κ2) is 7.86. The van der Waals surface area contributed by atoms with E-state index >= 15 is 0 Å². The molecule has 0 fully saturated rings. The van der Waals surface area contributed by atoms with E-state index in [0.29, 0.717) is 22.2 Å². The summed E-state index contributed by atoms with van der Waals surface area (Å²) in [4.78, 5) is 32.3. The molecule has 0 aliphatic rings. The molecule has 3 aromatic rings. The highest BCUT2D eigenvalue weighted by atomic mass is 19.4. The normalized spacial score (nSPS) is 11.3. The van der Waals surface area contributed by atoms with Gasteiger partial charge in [0.15, 0.2) is 0 Å². The summed E-state index contributed by atoms with van der Waals surface area (Å²) < 4.78 is 37.1. The number of fused-ring (bicyclic) bond motifs is 1. The number of anilines is 1. The standard InChI is InChI=1S/C20H17F3N4O2/c1-11-12(2)26-17-9-14(6-7-16(17)25-11)18(28)24-10-13-4-3-5-15(8-13)27-19(29)20(21,22)23/h3-9H,10H2,1-2H3,(H,24,28)(H,27,29). The minimum absolute atomic E-state index is 0.00843. The molecule has 0 spiro atoms. The summed E-state index contributed by atoms with van der Waals surface area (Å²) in [6.45, 7) is 3.76. The van der Waals surface area contributed by atoms with Gasteiger partial charge >= 0.3 is 12.1 Å². The van der Waals surface area contributed by atoms with Crippen LogP contribution in [0.15, 0.2) is 42.5 Å². The second-order valence-corrected chi connectivity index (χ2v) is 6.43. The van der Waals surface area contributed by atoms with Crippen LogP contribution in [-0.4, -0.2) is 28.0 Å². The number of amides is 2. The first-order valence-corrected chi connectivity index (χ1v) is 8.64. The van der Waals surface area contributed by atoms with Crippen LogP contribution < -0.4 is 10.6 Å². The Balaban J connectivity index is 1.69. The summed E-state index contributed by atoms with van der Waals surface area (Å²) in [6, 6.07) is 10.8. The third-order valence-electron chi connectivity index (χ3n) is 4.23. The molecular weight excluding hydrogens is 385 g/mol. The van der Waals surface area contributed by atoms with Gasteiger partial charge in [0.2, 0.25) is 0 Å². The summed E-state index contributed by atoms with van der Waals surface area (Å²) in [5, 5.41) is 4.47. The van der Waals surface area contributed by atoms with Crippen molar-refractivity contribution < 1.29 is 22.8 Å². The molecule has 2 amide bonds. The predicted molar refractivity (Wildman–Crippen MR) is 101 cm³/mol. The van der Waals surface area contributed by atoms with Crippen molar-refractivity contribution in [3.8, 4) is 0 Å². The molecule has 2 N–H and O–H groups in total. The molecule has 1 aromatic heterocycles. The van der Waals surface area contributed by atoms with E-state index in [2.05, 4.69) is 15.3 Å². The summed E-state index contributed by atoms with van der Waals surface area (Å²) in [6.07, 6.45) is -4.97. The maximum atomic E-state index is 12.4. The maximum absolute atomic E-state index is 12.4. The van der Waals surface area contributed by atoms with Gasteiger partial charge in [-0.1, -0.05) is 12.1 Å². The molecule has 0 saturated heterocycles. The Hall–Kier alpha value is -3.49. The van der Waals surface area contributed by atoms with Gasteiger partial charge in [0.25, 0.3) is 5.91 Å². The number of alkyl halides is 3. The third kappa shape index (κ3) is 4.87. The summed E-state index contributed by atoms with van der Waals surface area (Å²) >= 11 is 0. The Morgan fingerprint density at radius 2 is 1.66 bits per heavy atom. The molecule has 0 saturated carbocycles. The average Bonchev–Trinajstić information content (AvgIpc) is 2.66. The maximum Gasteiger partial charge on any atom is 0.471 e. The van der Waals surface area contributed by atoms with E-state index in [1.54, 1.807) is 29.6 Å². The second-order valence-electron chi connectivity index (χ2n) is 6.43. The molecule has 0 radical (unpaired) electrons. The van der Waals surface area contributed by atoms with E-state index in [-0.39, 0.29) is 18.1 Å².